The molecule has 28 heavy (non-hydrogen) atoms. The molecule has 0 aliphatic carbocycles. The van der Waals surface area contributed by atoms with Crippen molar-refractivity contribution < 1.29 is 24.2 Å². The van der Waals surface area contributed by atoms with E-state index in [4.69, 9.17) is 15.6 Å². The van der Waals surface area contributed by atoms with E-state index in [2.05, 4.69) is 6.92 Å². The molecule has 2 atom stereocenters. The van der Waals surface area contributed by atoms with Gasteiger partial charge in [-0.05, 0) is 25.7 Å². The molecule has 0 heterocycles. The molecule has 0 radical (unpaired) electrons. The zero-order valence-corrected chi connectivity index (χ0v) is 17.9. The maximum atomic E-state index is 12.4. The number of nitrogens with two attached hydrogens (primary N) is 1. The Labute approximate surface area is 170 Å². The van der Waals surface area contributed by atoms with Crippen LogP contribution in [-0.2, 0) is 19.1 Å². The Morgan fingerprint density at radius 1 is 0.786 bits per heavy atom. The molecule has 0 saturated heterocycles. The molecule has 0 bridgehead atoms. The van der Waals surface area contributed by atoms with Crippen LogP contribution in [0.3, 0.4) is 0 Å². The fraction of sp³-hybridized carbons (Fsp3) is 0.864. The zero-order valence-electron chi connectivity index (χ0n) is 17.9. The number of carbonyl (C=O) groups is 3. The molecular weight excluding hydrogens is 358 g/mol. The number of ether oxygens (including phenoxy) is 1. The first-order valence-corrected chi connectivity index (χ1v) is 11.1. The summed E-state index contributed by atoms with van der Waals surface area (Å²) in [6.07, 6.45) is 12.6. The topological polar surface area (TPSA) is 107 Å². The van der Waals surface area contributed by atoms with E-state index >= 15 is 0 Å². The molecule has 0 amide bonds. The molecule has 3 N–H and O–H groups in total. The van der Waals surface area contributed by atoms with Crippen molar-refractivity contribution in [2.75, 3.05) is 0 Å². The number of rotatable bonds is 19. The van der Waals surface area contributed by atoms with Crippen LogP contribution in [0.2, 0.25) is 0 Å². The number of hydrogen-bond acceptors (Lipinski definition) is 5. The van der Waals surface area contributed by atoms with E-state index in [1.807, 2.05) is 6.92 Å². The molecule has 0 saturated carbocycles. The lowest BCUT2D eigenvalue weighted by Gasteiger charge is -2.17. The summed E-state index contributed by atoms with van der Waals surface area (Å²) in [5.74, 6) is -1.71. The van der Waals surface area contributed by atoms with Crippen LogP contribution in [0, 0.1) is 0 Å². The number of hydrogen-bond donors (Lipinski definition) is 2. The zero-order chi connectivity index (χ0) is 21.2. The minimum absolute atomic E-state index is 0.0150. The van der Waals surface area contributed by atoms with Crippen LogP contribution in [0.5, 0.6) is 0 Å². The van der Waals surface area contributed by atoms with Crippen LogP contribution in [0.25, 0.3) is 0 Å². The Morgan fingerprint density at radius 3 is 1.86 bits per heavy atom. The van der Waals surface area contributed by atoms with Crippen molar-refractivity contribution in [3.63, 3.8) is 0 Å². The summed E-state index contributed by atoms with van der Waals surface area (Å²) in [6.45, 7) is 4.24. The number of unbranched alkanes of at least 4 members (excludes halogenated alkanes) is 9. The van der Waals surface area contributed by atoms with Gasteiger partial charge in [0.2, 0.25) is 0 Å². The van der Waals surface area contributed by atoms with E-state index in [0.717, 1.165) is 32.1 Å². The predicted octanol–water partition coefficient (Wildman–Crippen LogP) is 4.77. The van der Waals surface area contributed by atoms with Gasteiger partial charge in [0.05, 0.1) is 0 Å². The van der Waals surface area contributed by atoms with E-state index in [0.29, 0.717) is 12.8 Å². The first kappa shape index (κ1) is 26.6. The summed E-state index contributed by atoms with van der Waals surface area (Å²) in [7, 11) is 0. The third-order valence-electron chi connectivity index (χ3n) is 4.96. The lowest BCUT2D eigenvalue weighted by atomic mass is 10.0. The third-order valence-corrected chi connectivity index (χ3v) is 4.96. The highest BCUT2D eigenvalue weighted by atomic mass is 16.5. The van der Waals surface area contributed by atoms with E-state index in [1.54, 1.807) is 0 Å². The Hall–Kier alpha value is -1.43. The summed E-state index contributed by atoms with van der Waals surface area (Å²) in [6, 6.07) is -1.08. The number of carbonyl (C=O) groups excluding carboxylic acids is 2. The van der Waals surface area contributed by atoms with Crippen LogP contribution < -0.4 is 5.73 Å². The van der Waals surface area contributed by atoms with Crippen molar-refractivity contribution in [1.29, 1.82) is 0 Å². The number of carboxylic acid groups (broad SMARTS) is 1. The second-order valence-electron chi connectivity index (χ2n) is 7.65. The molecule has 1 unspecified atom stereocenters. The SMILES string of the molecule is CCCCCCCCCCCC(=O)C(CCCC)OC(=O)CC[C@H](N)C(=O)O. The standard InChI is InChI=1S/C22H41NO5/c1-3-5-7-8-9-10-11-12-13-14-19(24)20(15-6-4-2)28-21(25)17-16-18(23)22(26)27/h18,20H,3-17,23H2,1-2H3,(H,26,27)/t18-,20?/m0/s1. The fourth-order valence-electron chi connectivity index (χ4n) is 3.06. The van der Waals surface area contributed by atoms with E-state index in [-0.39, 0.29) is 18.6 Å². The van der Waals surface area contributed by atoms with Gasteiger partial charge in [0.15, 0.2) is 11.9 Å². The number of aliphatic carboxylic acids is 1. The third kappa shape index (κ3) is 14.6. The molecule has 0 aromatic carbocycles. The van der Waals surface area contributed by atoms with Gasteiger partial charge in [-0.2, -0.15) is 0 Å². The van der Waals surface area contributed by atoms with E-state index in [1.165, 1.54) is 38.5 Å². The normalized spacial score (nSPS) is 13.1. The average molecular weight is 400 g/mol. The van der Waals surface area contributed by atoms with Gasteiger partial charge in [-0.3, -0.25) is 14.4 Å². The molecule has 0 aliphatic heterocycles. The van der Waals surface area contributed by atoms with Crippen molar-refractivity contribution in [2.45, 2.75) is 122 Å². The minimum atomic E-state index is -1.14. The Morgan fingerprint density at radius 2 is 1.32 bits per heavy atom. The predicted molar refractivity (Wildman–Crippen MR) is 111 cm³/mol. The highest BCUT2D eigenvalue weighted by molar-refractivity contribution is 5.85. The minimum Gasteiger partial charge on any atom is -0.480 e. The smallest absolute Gasteiger partial charge is 0.320 e. The Balaban J connectivity index is 4.10. The maximum Gasteiger partial charge on any atom is 0.320 e. The van der Waals surface area contributed by atoms with Gasteiger partial charge in [0.1, 0.15) is 6.04 Å². The number of Topliss-reactive ketones (excluding diaryl/α,β-unsaturated/α-hetero) is 1. The van der Waals surface area contributed by atoms with Gasteiger partial charge in [0, 0.05) is 12.8 Å². The number of carboxylic acids is 1. The van der Waals surface area contributed by atoms with Gasteiger partial charge < -0.3 is 15.6 Å². The molecule has 0 fully saturated rings. The van der Waals surface area contributed by atoms with E-state index < -0.39 is 24.1 Å². The van der Waals surface area contributed by atoms with Crippen molar-refractivity contribution in [1.82, 2.24) is 0 Å². The number of ketones is 1. The Kier molecular flexibility index (Phi) is 16.8. The summed E-state index contributed by atoms with van der Waals surface area (Å²) in [4.78, 5) is 35.1. The summed E-state index contributed by atoms with van der Waals surface area (Å²) >= 11 is 0. The molecule has 164 valence electrons. The van der Waals surface area contributed by atoms with Crippen molar-refractivity contribution in [3.8, 4) is 0 Å². The van der Waals surface area contributed by atoms with Gasteiger partial charge in [0.25, 0.3) is 0 Å². The largest absolute Gasteiger partial charge is 0.480 e. The van der Waals surface area contributed by atoms with Crippen LogP contribution >= 0.6 is 0 Å². The molecule has 0 aliphatic rings. The highest BCUT2D eigenvalue weighted by Crippen LogP contribution is 2.15. The second kappa shape index (κ2) is 17.7. The van der Waals surface area contributed by atoms with E-state index in [9.17, 15) is 14.4 Å². The lowest BCUT2D eigenvalue weighted by Crippen LogP contribution is -2.32. The molecule has 0 spiro atoms. The summed E-state index contributed by atoms with van der Waals surface area (Å²) < 4.78 is 5.34. The number of esters is 1. The molecule has 6 heteroatoms. The van der Waals surface area contributed by atoms with Crippen LogP contribution in [0.1, 0.15) is 110 Å². The van der Waals surface area contributed by atoms with Gasteiger partial charge in [-0.1, -0.05) is 71.6 Å². The average Bonchev–Trinajstić information content (AvgIpc) is 2.67. The summed E-state index contributed by atoms with van der Waals surface area (Å²) in [5.41, 5.74) is 5.40. The Bertz CT molecular complexity index is 439. The van der Waals surface area contributed by atoms with Gasteiger partial charge in [-0.15, -0.1) is 0 Å². The quantitative estimate of drug-likeness (QED) is 0.239. The lowest BCUT2D eigenvalue weighted by molar-refractivity contribution is -0.156. The highest BCUT2D eigenvalue weighted by Gasteiger charge is 2.23. The summed E-state index contributed by atoms with van der Waals surface area (Å²) in [5, 5.41) is 8.76. The van der Waals surface area contributed by atoms with Crippen molar-refractivity contribution in [2.24, 2.45) is 5.73 Å². The first-order valence-electron chi connectivity index (χ1n) is 11.1. The fourth-order valence-corrected chi connectivity index (χ4v) is 3.06. The van der Waals surface area contributed by atoms with Crippen LogP contribution in [0.4, 0.5) is 0 Å². The van der Waals surface area contributed by atoms with Gasteiger partial charge >= 0.3 is 11.9 Å². The molecule has 0 rings (SSSR count). The monoisotopic (exact) mass is 399 g/mol. The molecule has 0 aromatic rings. The molecular formula is C22H41NO5. The van der Waals surface area contributed by atoms with Crippen molar-refractivity contribution >= 4 is 17.7 Å². The second-order valence-corrected chi connectivity index (χ2v) is 7.65. The van der Waals surface area contributed by atoms with Crippen LogP contribution in [-0.4, -0.2) is 35.0 Å². The molecule has 0 aromatic heterocycles. The van der Waals surface area contributed by atoms with Crippen LogP contribution in [0.15, 0.2) is 0 Å². The first-order chi connectivity index (χ1) is 13.4. The van der Waals surface area contributed by atoms with Crippen molar-refractivity contribution in [3.05, 3.63) is 0 Å². The maximum absolute atomic E-state index is 12.4. The molecule has 6 nitrogen and oxygen atoms in total. The van der Waals surface area contributed by atoms with Gasteiger partial charge in [-0.25, -0.2) is 0 Å².